The van der Waals surface area contributed by atoms with Crippen LogP contribution in [0.2, 0.25) is 5.02 Å². The summed E-state index contributed by atoms with van der Waals surface area (Å²) in [4.78, 5) is 24.4. The van der Waals surface area contributed by atoms with Crippen LogP contribution in [-0.4, -0.2) is 27.2 Å². The van der Waals surface area contributed by atoms with E-state index >= 15 is 0 Å². The minimum absolute atomic E-state index is 0.0173. The highest BCUT2D eigenvalue weighted by Crippen LogP contribution is 2.49. The van der Waals surface area contributed by atoms with E-state index in [1.165, 1.54) is 0 Å². The van der Waals surface area contributed by atoms with Crippen molar-refractivity contribution in [1.82, 2.24) is 10.3 Å². The lowest BCUT2D eigenvalue weighted by molar-refractivity contribution is -0.137. The first-order valence-corrected chi connectivity index (χ1v) is 12.5. The summed E-state index contributed by atoms with van der Waals surface area (Å²) >= 11 is 6.34. The molecule has 0 aliphatic heterocycles. The SMILES string of the molecule is Cc1ccc(CC(=O)C[C@H](CCC(=O)O)c2noc(-c3cc(CC(C)C)no3)c2C2CC2)c(Cl)c1. The van der Waals surface area contributed by atoms with E-state index in [-0.39, 0.29) is 36.9 Å². The number of aliphatic carboxylic acids is 1. The van der Waals surface area contributed by atoms with Gasteiger partial charge in [0, 0.05) is 41.8 Å². The predicted molar refractivity (Wildman–Crippen MR) is 132 cm³/mol. The van der Waals surface area contributed by atoms with Gasteiger partial charge >= 0.3 is 5.97 Å². The second kappa shape index (κ2) is 10.8. The van der Waals surface area contributed by atoms with Gasteiger partial charge in [0.25, 0.3) is 0 Å². The van der Waals surface area contributed by atoms with Crippen LogP contribution in [0.25, 0.3) is 11.5 Å². The second-order valence-electron chi connectivity index (χ2n) is 10.0. The van der Waals surface area contributed by atoms with Gasteiger partial charge in [-0.3, -0.25) is 9.59 Å². The summed E-state index contributed by atoms with van der Waals surface area (Å²) in [6.07, 6.45) is 3.37. The van der Waals surface area contributed by atoms with Gasteiger partial charge in [0.15, 0.2) is 0 Å². The molecule has 2 heterocycles. The number of halogens is 1. The van der Waals surface area contributed by atoms with Crippen LogP contribution in [0.1, 0.15) is 85.9 Å². The average Bonchev–Trinajstić information content (AvgIpc) is 3.36. The van der Waals surface area contributed by atoms with Crippen molar-refractivity contribution in [1.29, 1.82) is 0 Å². The standard InChI is InChI=1S/C27H31ClN2O5/c1-15(2)10-20-14-23(34-29-20)27-25(17-6-7-17)26(30-35-27)19(8-9-24(32)33)13-21(31)12-18-5-4-16(3)11-22(18)28/h4-5,11,14-15,17,19H,6-10,12-13H2,1-3H3,(H,32,33)/t19-/m0/s1. The highest BCUT2D eigenvalue weighted by atomic mass is 35.5. The monoisotopic (exact) mass is 498 g/mol. The number of ketones is 1. The molecule has 8 heteroatoms. The summed E-state index contributed by atoms with van der Waals surface area (Å²) in [6.45, 7) is 6.18. The Morgan fingerprint density at radius 2 is 1.94 bits per heavy atom. The molecule has 1 aromatic carbocycles. The fraction of sp³-hybridized carbons (Fsp3) is 0.481. The van der Waals surface area contributed by atoms with Gasteiger partial charge in [0.05, 0.1) is 11.4 Å². The molecule has 2 aromatic heterocycles. The number of rotatable bonds is 12. The van der Waals surface area contributed by atoms with Crippen molar-refractivity contribution in [2.24, 2.45) is 5.92 Å². The molecule has 7 nitrogen and oxygen atoms in total. The maximum atomic E-state index is 13.1. The summed E-state index contributed by atoms with van der Waals surface area (Å²) < 4.78 is 11.3. The summed E-state index contributed by atoms with van der Waals surface area (Å²) in [5.74, 6) is 0.475. The molecule has 0 saturated heterocycles. The summed E-state index contributed by atoms with van der Waals surface area (Å²) in [5.41, 5.74) is 4.23. The molecule has 4 rings (SSSR count). The Morgan fingerprint density at radius 1 is 1.17 bits per heavy atom. The van der Waals surface area contributed by atoms with E-state index in [0.717, 1.165) is 41.6 Å². The zero-order chi connectivity index (χ0) is 25.1. The predicted octanol–water partition coefficient (Wildman–Crippen LogP) is 6.52. The molecule has 1 N–H and O–H groups in total. The topological polar surface area (TPSA) is 106 Å². The number of Topliss-reactive ketones (excluding diaryl/α,β-unsaturated/α-hetero) is 1. The largest absolute Gasteiger partial charge is 0.481 e. The summed E-state index contributed by atoms with van der Waals surface area (Å²) in [6, 6.07) is 7.51. The van der Waals surface area contributed by atoms with E-state index in [2.05, 4.69) is 24.2 Å². The number of carboxylic acids is 1. The fourth-order valence-corrected chi connectivity index (χ4v) is 4.77. The number of benzene rings is 1. The Hall–Kier alpha value is -2.93. The van der Waals surface area contributed by atoms with Crippen molar-refractivity contribution in [2.75, 3.05) is 0 Å². The van der Waals surface area contributed by atoms with E-state index < -0.39 is 5.97 Å². The van der Waals surface area contributed by atoms with Crippen LogP contribution in [-0.2, 0) is 22.4 Å². The molecule has 0 amide bonds. The number of aromatic nitrogens is 2. The Labute approximate surface area is 209 Å². The third-order valence-corrected chi connectivity index (χ3v) is 6.66. The number of carbonyl (C=O) groups is 2. The van der Waals surface area contributed by atoms with Gasteiger partial charge in [-0.2, -0.15) is 0 Å². The first kappa shape index (κ1) is 25.2. The molecule has 35 heavy (non-hydrogen) atoms. The summed E-state index contributed by atoms with van der Waals surface area (Å²) in [7, 11) is 0. The quantitative estimate of drug-likeness (QED) is 0.303. The average molecular weight is 499 g/mol. The van der Waals surface area contributed by atoms with Crippen molar-refractivity contribution in [3.63, 3.8) is 0 Å². The van der Waals surface area contributed by atoms with Crippen molar-refractivity contribution >= 4 is 23.4 Å². The molecule has 1 aliphatic rings. The van der Waals surface area contributed by atoms with E-state index in [0.29, 0.717) is 34.6 Å². The number of carboxylic acid groups (broad SMARTS) is 1. The van der Waals surface area contributed by atoms with Gasteiger partial charge < -0.3 is 14.2 Å². The molecule has 0 spiro atoms. The maximum absolute atomic E-state index is 13.1. The molecular formula is C27H31ClN2O5. The molecule has 1 saturated carbocycles. The van der Waals surface area contributed by atoms with Crippen molar-refractivity contribution in [3.8, 4) is 11.5 Å². The molecule has 1 fully saturated rings. The van der Waals surface area contributed by atoms with E-state index in [1.54, 1.807) is 0 Å². The molecule has 3 aromatic rings. The number of hydrogen-bond acceptors (Lipinski definition) is 6. The molecule has 0 bridgehead atoms. The number of aryl methyl sites for hydroxylation is 1. The first-order chi connectivity index (χ1) is 16.7. The van der Waals surface area contributed by atoms with Gasteiger partial charge in [-0.05, 0) is 61.6 Å². The fourth-order valence-electron chi connectivity index (χ4n) is 4.47. The zero-order valence-corrected chi connectivity index (χ0v) is 21.1. The van der Waals surface area contributed by atoms with Crippen LogP contribution in [0.5, 0.6) is 0 Å². The van der Waals surface area contributed by atoms with Crippen LogP contribution in [0, 0.1) is 12.8 Å². The first-order valence-electron chi connectivity index (χ1n) is 12.1. The Balaban J connectivity index is 1.60. The zero-order valence-electron chi connectivity index (χ0n) is 20.3. The Bertz CT molecular complexity index is 1210. The molecule has 186 valence electrons. The lowest BCUT2D eigenvalue weighted by Crippen LogP contribution is -2.13. The van der Waals surface area contributed by atoms with E-state index in [4.69, 9.17) is 20.6 Å². The van der Waals surface area contributed by atoms with E-state index in [1.807, 2.05) is 31.2 Å². The molecule has 1 aliphatic carbocycles. The van der Waals surface area contributed by atoms with Crippen LogP contribution in [0.4, 0.5) is 0 Å². The van der Waals surface area contributed by atoms with Gasteiger partial charge in [-0.15, -0.1) is 0 Å². The van der Waals surface area contributed by atoms with Crippen LogP contribution in [0.3, 0.4) is 0 Å². The van der Waals surface area contributed by atoms with Crippen molar-refractivity contribution < 1.29 is 23.7 Å². The third kappa shape index (κ3) is 6.40. The van der Waals surface area contributed by atoms with Crippen molar-refractivity contribution in [3.05, 3.63) is 57.4 Å². The lowest BCUT2D eigenvalue weighted by atomic mass is 9.87. The smallest absolute Gasteiger partial charge is 0.303 e. The highest BCUT2D eigenvalue weighted by molar-refractivity contribution is 6.31. The maximum Gasteiger partial charge on any atom is 0.303 e. The van der Waals surface area contributed by atoms with Crippen molar-refractivity contribution in [2.45, 2.75) is 77.6 Å². The van der Waals surface area contributed by atoms with Gasteiger partial charge in [0.1, 0.15) is 5.78 Å². The van der Waals surface area contributed by atoms with Gasteiger partial charge in [-0.1, -0.05) is 47.9 Å². The Kier molecular flexibility index (Phi) is 7.75. The van der Waals surface area contributed by atoms with Crippen LogP contribution < -0.4 is 0 Å². The lowest BCUT2D eigenvalue weighted by Gasteiger charge is -2.15. The van der Waals surface area contributed by atoms with Crippen LogP contribution >= 0.6 is 11.6 Å². The molecule has 0 radical (unpaired) electrons. The number of nitrogens with zero attached hydrogens (tertiary/aromatic N) is 2. The minimum atomic E-state index is -0.908. The molecule has 0 unspecified atom stereocenters. The van der Waals surface area contributed by atoms with E-state index in [9.17, 15) is 14.7 Å². The minimum Gasteiger partial charge on any atom is -0.481 e. The normalized spacial score (nSPS) is 14.4. The number of hydrogen-bond donors (Lipinski definition) is 1. The molecule has 1 atom stereocenters. The summed E-state index contributed by atoms with van der Waals surface area (Å²) in [5, 5.41) is 18.4. The van der Waals surface area contributed by atoms with Crippen LogP contribution in [0.15, 0.2) is 33.3 Å². The number of carbonyl (C=O) groups excluding carboxylic acids is 1. The highest BCUT2D eigenvalue weighted by Gasteiger charge is 2.37. The second-order valence-corrected chi connectivity index (χ2v) is 10.4. The van der Waals surface area contributed by atoms with Gasteiger partial charge in [0.2, 0.25) is 11.5 Å². The molecular weight excluding hydrogens is 468 g/mol. The third-order valence-electron chi connectivity index (χ3n) is 6.31. The van der Waals surface area contributed by atoms with Gasteiger partial charge in [-0.25, -0.2) is 0 Å². The Morgan fingerprint density at radius 3 is 2.60 bits per heavy atom.